The second kappa shape index (κ2) is 41.2. The van der Waals surface area contributed by atoms with E-state index in [1.165, 1.54) is 39.3 Å². The zero-order valence-corrected chi connectivity index (χ0v) is 65.4. The van der Waals surface area contributed by atoms with Crippen LogP contribution < -0.4 is 32.6 Å². The predicted octanol–water partition coefficient (Wildman–Crippen LogP) is 9.88. The summed E-state index contributed by atoms with van der Waals surface area (Å²) in [6.45, 7) is 12.9. The quantitative estimate of drug-likeness (QED) is 0.0102. The zero-order chi connectivity index (χ0) is 77.5. The highest BCUT2D eigenvalue weighted by atomic mass is 35.5. The maximum Gasteiger partial charge on any atom is 0.474 e. The number of fused-ring (bicyclic) bond motifs is 3. The average molecular weight is 1670 g/mol. The van der Waals surface area contributed by atoms with E-state index < -0.39 is 59.0 Å². The van der Waals surface area contributed by atoms with Gasteiger partial charge in [-0.1, -0.05) is 99.4 Å². The number of benzene rings is 3. The summed E-state index contributed by atoms with van der Waals surface area (Å²) in [7, 11) is -12.3. The Morgan fingerprint density at radius 1 is 0.495 bits per heavy atom. The fourth-order valence-electron chi connectivity index (χ4n) is 8.96. The van der Waals surface area contributed by atoms with E-state index in [9.17, 15) is 33.0 Å². The summed E-state index contributed by atoms with van der Waals surface area (Å²) in [6.07, 6.45) is 4.35. The molecule has 0 bridgehead atoms. The standard InChI is InChI=1S/C21H28Cl2N5O7P.C17H20Cl2N5O7P.C16H17Cl2N5O3.C6H14ClO3P/c1-21(2,3)35-36(31,32)34-13-27-19(30)18-17(12-25-28(18)6-8-33-9-7-29)26-20(27)24-11-14-4-5-15(22)16(23)10-14;18-12-2-1-11(7-13(12)19)8-20-17-22-14-9-21-24(3-5-30-6-4-25)15(14)16(26)23(17)10-31-32(27,28)29;17-11-2-1-10(7-12(11)18)8-19-16-21-13-9-20-23(3-5-26-6-4-24)14(13)15(25)22-16;1-6(2,3)10-11(4,8)9-5-7/h4-5,10,12,29H,6-9,11,13H2,1-3H3,(H,24,26)(H,31,32);1-2,7,9,25H,3-6,8,10H2,(H,20,22)(H2,27,28,29);1-2,7,9,24H,3-6,8H2,(H2,19,21,22,25);5H2,1-4H3. The van der Waals surface area contributed by atoms with Gasteiger partial charge in [-0.2, -0.15) is 15.3 Å². The van der Waals surface area contributed by atoms with Crippen LogP contribution >= 0.6 is 104 Å². The number of aliphatic hydroxyl groups excluding tert-OH is 3. The van der Waals surface area contributed by atoms with Gasteiger partial charge in [0.25, 0.3) is 16.7 Å². The fraction of sp³-hybridized carbons (Fsp3) is 0.450. The molecule has 578 valence electrons. The van der Waals surface area contributed by atoms with Gasteiger partial charge in [-0.25, -0.2) is 24.1 Å². The average Bonchev–Trinajstić information content (AvgIpc) is 1.67. The SMILES string of the molecule is CC(C)(C)OP(=O)(O)OCn1c(NCc2ccc(Cl)c(Cl)c2)nc2cnn(CCOCCO)c2c1=O.CC(C)(C)OP(C)(=O)OCCl.O=c1[nH]c(NCc2ccc(Cl)c(Cl)c2)nc2cnn(CCOCCO)c12.O=c1c2c(cnn2CCOCCO)nc(NCc2ccc(Cl)c(Cl)c2)n1COP(=O)(O)O. The van der Waals surface area contributed by atoms with E-state index in [1.807, 2.05) is 6.07 Å². The molecule has 0 fully saturated rings. The van der Waals surface area contributed by atoms with Crippen molar-refractivity contribution >= 4 is 155 Å². The first-order chi connectivity index (χ1) is 49.4. The number of H-pyrrole nitrogens is 1. The van der Waals surface area contributed by atoms with Crippen LogP contribution in [0.3, 0.4) is 0 Å². The summed E-state index contributed by atoms with van der Waals surface area (Å²) in [5, 5.41) is 50.3. The van der Waals surface area contributed by atoms with Gasteiger partial charge in [0.05, 0.1) is 139 Å². The third kappa shape index (κ3) is 29.0. The third-order valence-electron chi connectivity index (χ3n) is 13.2. The smallest absolute Gasteiger partial charge is 0.394 e. The fourth-order valence-corrected chi connectivity index (χ4v) is 12.9. The molecule has 0 radical (unpaired) electrons. The number of phosphoric acid groups is 2. The number of halogens is 7. The normalized spacial score (nSPS) is 13.0. The summed E-state index contributed by atoms with van der Waals surface area (Å²) in [4.78, 5) is 83.1. The Morgan fingerprint density at radius 3 is 1.23 bits per heavy atom. The molecule has 0 saturated carbocycles. The maximum atomic E-state index is 13.4. The highest BCUT2D eigenvalue weighted by molar-refractivity contribution is 7.53. The van der Waals surface area contributed by atoms with Gasteiger partial charge in [-0.3, -0.25) is 65.2 Å². The topological polar surface area (TPSA) is 452 Å². The Labute approximate surface area is 635 Å². The molecular formula is C60H79Cl7N15O20P3. The number of aliphatic hydroxyl groups is 3. The lowest BCUT2D eigenvalue weighted by Crippen LogP contribution is -2.28. The van der Waals surface area contributed by atoms with Crippen LogP contribution in [0.2, 0.25) is 30.1 Å². The molecule has 105 heavy (non-hydrogen) atoms. The minimum atomic E-state index is -4.86. The van der Waals surface area contributed by atoms with E-state index in [0.29, 0.717) is 72.3 Å². The van der Waals surface area contributed by atoms with Gasteiger partial charge >= 0.3 is 23.2 Å². The van der Waals surface area contributed by atoms with Gasteiger partial charge in [-0.15, -0.1) is 0 Å². The number of hydrogen-bond donors (Lipinski definition) is 10. The van der Waals surface area contributed by atoms with Crippen LogP contribution in [-0.4, -0.2) is 172 Å². The zero-order valence-electron chi connectivity index (χ0n) is 57.5. The number of anilines is 3. The molecule has 10 N–H and O–H groups in total. The van der Waals surface area contributed by atoms with Crippen LogP contribution in [0.1, 0.15) is 58.2 Å². The Morgan fingerprint density at radius 2 is 0.867 bits per heavy atom. The van der Waals surface area contributed by atoms with E-state index in [1.54, 1.807) is 90.1 Å². The van der Waals surface area contributed by atoms with Crippen molar-refractivity contribution < 1.29 is 80.5 Å². The molecule has 0 amide bonds. The number of aromatic nitrogens is 12. The minimum absolute atomic E-state index is 0.0121. The number of ether oxygens (including phenoxy) is 3. The molecule has 6 heterocycles. The van der Waals surface area contributed by atoms with E-state index in [4.69, 9.17) is 139 Å². The second-order valence-electron chi connectivity index (χ2n) is 23.8. The van der Waals surface area contributed by atoms with Crippen LogP contribution in [0.5, 0.6) is 0 Å². The molecule has 2 unspecified atom stereocenters. The lowest BCUT2D eigenvalue weighted by Gasteiger charge is -2.23. The van der Waals surface area contributed by atoms with Crippen molar-refractivity contribution in [2.75, 3.05) is 88.1 Å². The van der Waals surface area contributed by atoms with Crippen LogP contribution in [0.15, 0.2) is 87.6 Å². The second-order valence-corrected chi connectivity index (χ2v) is 31.0. The molecule has 2 atom stereocenters. The van der Waals surface area contributed by atoms with Gasteiger partial charge in [0.2, 0.25) is 17.8 Å². The molecule has 0 aliphatic rings. The van der Waals surface area contributed by atoms with Gasteiger partial charge < -0.3 is 64.7 Å². The first kappa shape index (κ1) is 88.2. The highest BCUT2D eigenvalue weighted by Gasteiger charge is 2.31. The van der Waals surface area contributed by atoms with E-state index >= 15 is 0 Å². The number of hydrogen-bond acceptors (Lipinski definition) is 26. The van der Waals surface area contributed by atoms with Gasteiger partial charge in [0, 0.05) is 26.3 Å². The van der Waals surface area contributed by atoms with Gasteiger partial charge in [0.15, 0.2) is 16.6 Å². The van der Waals surface area contributed by atoms with Crippen LogP contribution in [-0.2, 0) is 103 Å². The number of alkyl halides is 1. The van der Waals surface area contributed by atoms with Crippen LogP contribution in [0, 0.1) is 0 Å². The molecular weight excluding hydrogens is 1590 g/mol. The van der Waals surface area contributed by atoms with E-state index in [2.05, 4.69) is 55.7 Å². The summed E-state index contributed by atoms with van der Waals surface area (Å²) in [6, 6.07) is 15.2. The Bertz CT molecular complexity index is 4690. The van der Waals surface area contributed by atoms with Crippen LogP contribution in [0.25, 0.3) is 33.1 Å². The molecule has 35 nitrogen and oxygen atoms in total. The van der Waals surface area contributed by atoms with Crippen molar-refractivity contribution in [3.8, 4) is 0 Å². The largest absolute Gasteiger partial charge is 0.474 e. The van der Waals surface area contributed by atoms with Crippen LogP contribution in [0.4, 0.5) is 17.8 Å². The number of aromatic amines is 1. The van der Waals surface area contributed by atoms with Crippen molar-refractivity contribution in [1.82, 2.24) is 58.4 Å². The Kier molecular flexibility index (Phi) is 34.6. The first-order valence-electron chi connectivity index (χ1n) is 31.3. The predicted molar refractivity (Wildman–Crippen MR) is 398 cm³/mol. The van der Waals surface area contributed by atoms with Gasteiger partial charge in [0.1, 0.15) is 36.1 Å². The first-order valence-corrected chi connectivity index (χ1v) is 39.1. The molecule has 9 aromatic rings. The molecule has 45 heteroatoms. The molecule has 0 saturated heterocycles. The third-order valence-corrected chi connectivity index (χ3v) is 18.8. The Balaban J connectivity index is 0.000000232. The van der Waals surface area contributed by atoms with Crippen molar-refractivity contribution in [2.24, 2.45) is 0 Å². The molecule has 6 aromatic heterocycles. The van der Waals surface area contributed by atoms with E-state index in [0.717, 1.165) is 25.8 Å². The lowest BCUT2D eigenvalue weighted by atomic mass is 10.2. The molecule has 0 aliphatic carbocycles. The maximum absolute atomic E-state index is 13.4. The summed E-state index contributed by atoms with van der Waals surface area (Å²) < 4.78 is 81.5. The Hall–Kier alpha value is -5.73. The van der Waals surface area contributed by atoms with Crippen molar-refractivity contribution in [3.05, 3.63) is 151 Å². The van der Waals surface area contributed by atoms with Crippen molar-refractivity contribution in [3.63, 3.8) is 0 Å². The van der Waals surface area contributed by atoms with Gasteiger partial charge in [-0.05, 0) is 94.6 Å². The number of phosphoric ester groups is 2. The summed E-state index contributed by atoms with van der Waals surface area (Å²) >= 11 is 41.1. The number of nitrogens with zero attached hydrogens (tertiary/aromatic N) is 11. The summed E-state index contributed by atoms with van der Waals surface area (Å²) in [5.74, 6) is 0.424. The van der Waals surface area contributed by atoms with Crippen molar-refractivity contribution in [1.29, 1.82) is 0 Å². The lowest BCUT2D eigenvalue weighted by molar-refractivity contribution is 0.0482. The molecule has 9 rings (SSSR count). The monoisotopic (exact) mass is 1670 g/mol. The van der Waals surface area contributed by atoms with E-state index in [-0.39, 0.29) is 119 Å². The summed E-state index contributed by atoms with van der Waals surface area (Å²) in [5.41, 5.74) is 1.15. The highest BCUT2D eigenvalue weighted by Crippen LogP contribution is 2.48. The molecule has 0 aliphatic heterocycles. The minimum Gasteiger partial charge on any atom is -0.394 e. The van der Waals surface area contributed by atoms with Crippen molar-refractivity contribution in [2.45, 2.75) is 105 Å². The molecule has 3 aromatic carbocycles. The molecule has 0 spiro atoms. The number of rotatable bonds is 34. The number of nitrogens with one attached hydrogen (secondary N) is 4.